The van der Waals surface area contributed by atoms with Crippen LogP contribution in [0.3, 0.4) is 0 Å². The van der Waals surface area contributed by atoms with Gasteiger partial charge >= 0.3 is 0 Å². The molecule has 2 aromatic carbocycles. The third kappa shape index (κ3) is 3.06. The van der Waals surface area contributed by atoms with Crippen LogP contribution in [0.5, 0.6) is 11.5 Å². The summed E-state index contributed by atoms with van der Waals surface area (Å²) < 4.78 is 5.82. The largest absolute Gasteiger partial charge is 0.456 e. The first-order valence-corrected chi connectivity index (χ1v) is 7.40. The van der Waals surface area contributed by atoms with Crippen molar-refractivity contribution in [3.63, 3.8) is 0 Å². The lowest BCUT2D eigenvalue weighted by Crippen LogP contribution is -2.09. The zero-order valence-corrected chi connectivity index (χ0v) is 12.6. The molecule has 0 heterocycles. The summed E-state index contributed by atoms with van der Waals surface area (Å²) in [5.74, 6) is 1.32. The molecule has 0 atom stereocenters. The topological polar surface area (TPSA) is 36.3 Å². The quantitative estimate of drug-likeness (QED) is 0.791. The molecule has 0 aliphatic rings. The van der Waals surface area contributed by atoms with Crippen LogP contribution in [-0.4, -0.2) is 20.4 Å². The number of thioether (sulfide) groups is 1. The Hall–Kier alpha value is -2.12. The van der Waals surface area contributed by atoms with Crippen LogP contribution in [0.2, 0.25) is 0 Å². The second kappa shape index (κ2) is 6.36. The molecule has 20 heavy (non-hydrogen) atoms. The van der Waals surface area contributed by atoms with Crippen molar-refractivity contribution in [3.05, 3.63) is 48.0 Å². The van der Waals surface area contributed by atoms with Crippen molar-refractivity contribution >= 4 is 17.4 Å². The Bertz CT molecular complexity index is 647. The first-order chi connectivity index (χ1) is 9.65. The van der Waals surface area contributed by atoms with E-state index in [0.717, 1.165) is 16.3 Å². The molecular formula is C16H16N2OS. The minimum atomic E-state index is 0.537. The van der Waals surface area contributed by atoms with Crippen LogP contribution >= 0.6 is 11.8 Å². The van der Waals surface area contributed by atoms with Gasteiger partial charge in [-0.1, -0.05) is 12.1 Å². The van der Waals surface area contributed by atoms with Crippen LogP contribution in [0.1, 0.15) is 5.56 Å². The van der Waals surface area contributed by atoms with E-state index >= 15 is 0 Å². The second-order valence-electron chi connectivity index (χ2n) is 4.44. The highest BCUT2D eigenvalue weighted by molar-refractivity contribution is 7.98. The predicted molar refractivity (Wildman–Crippen MR) is 83.8 cm³/mol. The van der Waals surface area contributed by atoms with E-state index in [0.29, 0.717) is 11.3 Å². The molecule has 0 aliphatic heterocycles. The lowest BCUT2D eigenvalue weighted by Gasteiger charge is -2.17. The Morgan fingerprint density at radius 3 is 2.55 bits per heavy atom. The van der Waals surface area contributed by atoms with Gasteiger partial charge in [0.25, 0.3) is 0 Å². The molecule has 0 radical (unpaired) electrons. The number of benzene rings is 2. The highest BCUT2D eigenvalue weighted by Crippen LogP contribution is 2.33. The van der Waals surface area contributed by atoms with Gasteiger partial charge in [0.05, 0.1) is 11.3 Å². The van der Waals surface area contributed by atoms with E-state index in [-0.39, 0.29) is 0 Å². The van der Waals surface area contributed by atoms with Crippen LogP contribution in [0.25, 0.3) is 0 Å². The Labute approximate surface area is 123 Å². The second-order valence-corrected chi connectivity index (χ2v) is 5.29. The Balaban J connectivity index is 2.33. The number of rotatable bonds is 4. The van der Waals surface area contributed by atoms with E-state index in [4.69, 9.17) is 10.00 Å². The first kappa shape index (κ1) is 14.3. The maximum Gasteiger partial charge on any atom is 0.145 e. The number of ether oxygens (including phenoxy) is 1. The molecule has 0 saturated heterocycles. The van der Waals surface area contributed by atoms with E-state index in [1.54, 1.807) is 23.9 Å². The van der Waals surface area contributed by atoms with Gasteiger partial charge in [-0.3, -0.25) is 0 Å². The molecule has 102 valence electrons. The molecule has 0 aromatic heterocycles. The van der Waals surface area contributed by atoms with Crippen molar-refractivity contribution in [1.82, 2.24) is 0 Å². The third-order valence-corrected chi connectivity index (χ3v) is 3.64. The molecule has 3 nitrogen and oxygen atoms in total. The summed E-state index contributed by atoms with van der Waals surface area (Å²) in [5.41, 5.74) is 1.69. The van der Waals surface area contributed by atoms with Crippen LogP contribution in [0, 0.1) is 11.3 Å². The molecule has 2 rings (SSSR count). The van der Waals surface area contributed by atoms with Crippen molar-refractivity contribution in [2.75, 3.05) is 25.3 Å². The smallest absolute Gasteiger partial charge is 0.145 e. The van der Waals surface area contributed by atoms with Crippen molar-refractivity contribution in [2.45, 2.75) is 4.90 Å². The van der Waals surface area contributed by atoms with E-state index in [1.165, 1.54) is 0 Å². The number of nitrogens with zero attached hydrogens (tertiary/aromatic N) is 2. The predicted octanol–water partition coefficient (Wildman–Crippen LogP) is 4.14. The van der Waals surface area contributed by atoms with E-state index in [1.807, 2.05) is 50.7 Å². The van der Waals surface area contributed by atoms with Gasteiger partial charge in [-0.25, -0.2) is 0 Å². The minimum absolute atomic E-state index is 0.537. The Kier molecular flexibility index (Phi) is 4.54. The molecule has 0 spiro atoms. The fourth-order valence-corrected chi connectivity index (χ4v) is 2.56. The zero-order chi connectivity index (χ0) is 14.5. The van der Waals surface area contributed by atoms with Gasteiger partial charge in [0, 0.05) is 19.0 Å². The van der Waals surface area contributed by atoms with Crippen molar-refractivity contribution in [3.8, 4) is 17.6 Å². The molecule has 4 heteroatoms. The number of anilines is 1. The number of para-hydroxylation sites is 1. The van der Waals surface area contributed by atoms with Gasteiger partial charge in [-0.2, -0.15) is 5.26 Å². The standard InChI is InChI=1S/C16H16N2OS/c1-18(2)14-9-8-13(10-16(14)20-3)19-15-7-5-4-6-12(15)11-17/h4-10H,1-3H3. The highest BCUT2D eigenvalue weighted by atomic mass is 32.2. The van der Waals surface area contributed by atoms with Crippen LogP contribution in [-0.2, 0) is 0 Å². The minimum Gasteiger partial charge on any atom is -0.456 e. The van der Waals surface area contributed by atoms with Crippen molar-refractivity contribution < 1.29 is 4.74 Å². The molecule has 0 amide bonds. The average molecular weight is 284 g/mol. The Morgan fingerprint density at radius 2 is 1.90 bits per heavy atom. The van der Waals surface area contributed by atoms with Crippen LogP contribution in [0.4, 0.5) is 5.69 Å². The lowest BCUT2D eigenvalue weighted by atomic mass is 10.2. The molecule has 0 fully saturated rings. The summed E-state index contributed by atoms with van der Waals surface area (Å²) in [6.45, 7) is 0. The molecular weight excluding hydrogens is 268 g/mol. The fourth-order valence-electron chi connectivity index (χ4n) is 1.87. The summed E-state index contributed by atoms with van der Waals surface area (Å²) in [6.07, 6.45) is 2.04. The average Bonchev–Trinajstić information content (AvgIpc) is 2.47. The Morgan fingerprint density at radius 1 is 1.15 bits per heavy atom. The molecule has 0 aliphatic carbocycles. The van der Waals surface area contributed by atoms with Crippen molar-refractivity contribution in [1.29, 1.82) is 5.26 Å². The van der Waals surface area contributed by atoms with Crippen LogP contribution < -0.4 is 9.64 Å². The highest BCUT2D eigenvalue weighted by Gasteiger charge is 2.08. The summed E-state index contributed by atoms with van der Waals surface area (Å²) in [5, 5.41) is 9.07. The monoisotopic (exact) mass is 284 g/mol. The normalized spacial score (nSPS) is 9.90. The summed E-state index contributed by atoms with van der Waals surface area (Å²) in [4.78, 5) is 3.21. The summed E-state index contributed by atoms with van der Waals surface area (Å²) >= 11 is 1.67. The number of nitriles is 1. The van der Waals surface area contributed by atoms with Gasteiger partial charge in [0.15, 0.2) is 0 Å². The van der Waals surface area contributed by atoms with Gasteiger partial charge < -0.3 is 9.64 Å². The summed E-state index contributed by atoms with van der Waals surface area (Å²) in [6, 6.07) is 15.3. The molecule has 0 saturated carbocycles. The lowest BCUT2D eigenvalue weighted by molar-refractivity contribution is 0.480. The number of hydrogen-bond acceptors (Lipinski definition) is 4. The first-order valence-electron chi connectivity index (χ1n) is 6.18. The van der Waals surface area contributed by atoms with E-state index in [9.17, 15) is 0 Å². The van der Waals surface area contributed by atoms with Gasteiger partial charge in [0.1, 0.15) is 17.6 Å². The van der Waals surface area contributed by atoms with E-state index < -0.39 is 0 Å². The third-order valence-electron chi connectivity index (χ3n) is 2.87. The van der Waals surface area contributed by atoms with E-state index in [2.05, 4.69) is 11.0 Å². The molecule has 2 aromatic rings. The van der Waals surface area contributed by atoms with Crippen molar-refractivity contribution in [2.24, 2.45) is 0 Å². The fraction of sp³-hybridized carbons (Fsp3) is 0.188. The van der Waals surface area contributed by atoms with Gasteiger partial charge in [0.2, 0.25) is 0 Å². The molecule has 0 bridgehead atoms. The maximum atomic E-state index is 9.07. The maximum absolute atomic E-state index is 9.07. The number of hydrogen-bond donors (Lipinski definition) is 0. The SMILES string of the molecule is CSc1cc(Oc2ccccc2C#N)ccc1N(C)C. The molecule has 0 N–H and O–H groups in total. The van der Waals surface area contributed by atoms with Gasteiger partial charge in [-0.15, -0.1) is 11.8 Å². The van der Waals surface area contributed by atoms with Gasteiger partial charge in [-0.05, 0) is 36.6 Å². The van der Waals surface area contributed by atoms with Crippen LogP contribution in [0.15, 0.2) is 47.4 Å². The zero-order valence-electron chi connectivity index (χ0n) is 11.8. The summed E-state index contributed by atoms with van der Waals surface area (Å²) in [7, 11) is 4.03. The molecule has 0 unspecified atom stereocenters.